The maximum atomic E-state index is 12.8. The molecule has 0 amide bonds. The molecule has 0 radical (unpaired) electrons. The fourth-order valence-corrected chi connectivity index (χ4v) is 6.33. The second-order valence-electron chi connectivity index (χ2n) is 8.66. The number of benzene rings is 1. The number of aliphatic hydroxyl groups is 1. The topological polar surface area (TPSA) is 112 Å². The van der Waals surface area contributed by atoms with Crippen LogP contribution in [-0.2, 0) is 10.0 Å². The molecule has 0 bridgehead atoms. The Hall–Kier alpha value is -2.21. The van der Waals surface area contributed by atoms with Gasteiger partial charge in [0.1, 0.15) is 11.6 Å². The number of aromatic nitrogens is 3. The van der Waals surface area contributed by atoms with Crippen molar-refractivity contribution in [1.82, 2.24) is 18.9 Å². The zero-order chi connectivity index (χ0) is 23.0. The number of hydrogen-bond acceptors (Lipinski definition) is 7. The highest BCUT2D eigenvalue weighted by molar-refractivity contribution is 9.10. The van der Waals surface area contributed by atoms with Crippen LogP contribution in [0.2, 0.25) is 0 Å². The molecule has 2 aromatic heterocycles. The predicted octanol–water partition coefficient (Wildman–Crippen LogP) is 3.74. The number of anilines is 3. The Labute approximate surface area is 201 Å². The molecule has 0 spiro atoms. The molecule has 1 aliphatic heterocycles. The van der Waals surface area contributed by atoms with Gasteiger partial charge in [0.2, 0.25) is 10.0 Å². The minimum absolute atomic E-state index is 0.211. The van der Waals surface area contributed by atoms with Gasteiger partial charge in [-0.2, -0.15) is 13.9 Å². The van der Waals surface area contributed by atoms with Gasteiger partial charge in [-0.1, -0.05) is 0 Å². The summed E-state index contributed by atoms with van der Waals surface area (Å²) in [5.74, 6) is 1.43. The van der Waals surface area contributed by atoms with Crippen LogP contribution in [0.15, 0.2) is 45.9 Å². The van der Waals surface area contributed by atoms with Crippen molar-refractivity contribution in [2.45, 2.75) is 55.6 Å². The normalized spacial score (nSPS) is 22.0. The third kappa shape index (κ3) is 4.72. The molecule has 9 nitrogen and oxygen atoms in total. The van der Waals surface area contributed by atoms with Crippen LogP contribution in [0.25, 0.3) is 5.65 Å². The quantitative estimate of drug-likeness (QED) is 0.441. The first kappa shape index (κ1) is 22.6. The molecule has 3 heterocycles. The largest absolute Gasteiger partial charge is 0.393 e. The lowest BCUT2D eigenvalue weighted by Gasteiger charge is -2.26. The molecule has 0 unspecified atom stereocenters. The Morgan fingerprint density at radius 2 is 1.76 bits per heavy atom. The Kier molecular flexibility index (Phi) is 6.30. The summed E-state index contributed by atoms with van der Waals surface area (Å²) in [7, 11) is -3.44. The van der Waals surface area contributed by atoms with Gasteiger partial charge >= 0.3 is 0 Å². The molecule has 33 heavy (non-hydrogen) atoms. The van der Waals surface area contributed by atoms with E-state index in [1.807, 2.05) is 6.07 Å². The average Bonchev–Trinajstić information content (AvgIpc) is 3.47. The van der Waals surface area contributed by atoms with E-state index in [1.165, 1.54) is 0 Å². The molecular weight excluding hydrogens is 508 g/mol. The fraction of sp³-hybridized carbons (Fsp3) is 0.455. The van der Waals surface area contributed by atoms with E-state index in [4.69, 9.17) is 4.98 Å². The first-order valence-electron chi connectivity index (χ1n) is 11.3. The highest BCUT2D eigenvalue weighted by atomic mass is 79.9. The van der Waals surface area contributed by atoms with Gasteiger partial charge in [0.25, 0.3) is 0 Å². The Balaban J connectivity index is 1.39. The van der Waals surface area contributed by atoms with E-state index in [0.717, 1.165) is 54.5 Å². The third-order valence-corrected chi connectivity index (χ3v) is 8.78. The summed E-state index contributed by atoms with van der Waals surface area (Å²) in [6.45, 7) is 1.17. The molecule has 0 atom stereocenters. The van der Waals surface area contributed by atoms with Crippen molar-refractivity contribution in [3.8, 4) is 0 Å². The molecule has 1 aromatic carbocycles. The van der Waals surface area contributed by atoms with Crippen LogP contribution in [0.5, 0.6) is 0 Å². The van der Waals surface area contributed by atoms with Gasteiger partial charge in [0.15, 0.2) is 5.65 Å². The van der Waals surface area contributed by atoms with Crippen molar-refractivity contribution < 1.29 is 13.5 Å². The van der Waals surface area contributed by atoms with Crippen LogP contribution in [0.3, 0.4) is 0 Å². The number of nitrogens with zero attached hydrogens (tertiary/aromatic N) is 4. The maximum Gasteiger partial charge on any atom is 0.243 e. The predicted molar refractivity (Wildman–Crippen MR) is 130 cm³/mol. The van der Waals surface area contributed by atoms with Crippen molar-refractivity contribution >= 4 is 48.9 Å². The summed E-state index contributed by atoms with van der Waals surface area (Å²) in [4.78, 5) is 5.00. The number of sulfonamides is 1. The van der Waals surface area contributed by atoms with Crippen molar-refractivity contribution in [3.63, 3.8) is 0 Å². The molecule has 1 saturated carbocycles. The summed E-state index contributed by atoms with van der Waals surface area (Å²) in [6.07, 6.45) is 6.66. The zero-order valence-electron chi connectivity index (χ0n) is 18.1. The van der Waals surface area contributed by atoms with E-state index < -0.39 is 10.0 Å². The van der Waals surface area contributed by atoms with Gasteiger partial charge in [-0.15, -0.1) is 0 Å². The molecule has 1 aliphatic carbocycles. The molecule has 1 saturated heterocycles. The summed E-state index contributed by atoms with van der Waals surface area (Å²) in [5, 5.41) is 21.0. The molecular formula is C22H27BrN6O3S. The van der Waals surface area contributed by atoms with Crippen LogP contribution in [0, 0.1) is 0 Å². The van der Waals surface area contributed by atoms with Gasteiger partial charge in [-0.25, -0.2) is 13.4 Å². The van der Waals surface area contributed by atoms with Gasteiger partial charge in [0.05, 0.1) is 21.7 Å². The number of fused-ring (bicyclic) bond motifs is 1. The minimum Gasteiger partial charge on any atom is -0.393 e. The molecule has 11 heteroatoms. The highest BCUT2D eigenvalue weighted by Crippen LogP contribution is 2.28. The SMILES string of the molecule is O=S(=O)(c1ccc(Nc2cc(NC3CCC(O)CC3)nc3c(Br)cnn23)cc1)N1CCCC1. The lowest BCUT2D eigenvalue weighted by Crippen LogP contribution is -2.28. The monoisotopic (exact) mass is 534 g/mol. The van der Waals surface area contributed by atoms with E-state index in [0.29, 0.717) is 29.5 Å². The van der Waals surface area contributed by atoms with E-state index in [9.17, 15) is 13.5 Å². The first-order chi connectivity index (χ1) is 15.9. The standard InChI is InChI=1S/C22H27BrN6O3S/c23-19-14-24-29-21(13-20(27-22(19)29)25-15-3-7-17(30)8-4-15)26-16-5-9-18(10-6-16)33(31,32)28-11-1-2-12-28/h5-6,9-10,13-15,17,26,30H,1-4,7-8,11-12H2,(H,25,27). The van der Waals surface area contributed by atoms with Crippen molar-refractivity contribution in [2.24, 2.45) is 0 Å². The van der Waals surface area contributed by atoms with Gasteiger partial charge in [0, 0.05) is 30.9 Å². The number of aliphatic hydroxyl groups excluding tert-OH is 1. The first-order valence-corrected chi connectivity index (χ1v) is 13.5. The Morgan fingerprint density at radius 1 is 1.06 bits per heavy atom. The summed E-state index contributed by atoms with van der Waals surface area (Å²) < 4.78 is 29.6. The number of halogens is 1. The maximum absolute atomic E-state index is 12.8. The highest BCUT2D eigenvalue weighted by Gasteiger charge is 2.27. The van der Waals surface area contributed by atoms with Crippen molar-refractivity contribution in [1.29, 1.82) is 0 Å². The Morgan fingerprint density at radius 3 is 2.45 bits per heavy atom. The third-order valence-electron chi connectivity index (χ3n) is 6.31. The minimum atomic E-state index is -3.44. The van der Waals surface area contributed by atoms with Crippen molar-refractivity contribution in [2.75, 3.05) is 23.7 Å². The lowest BCUT2D eigenvalue weighted by molar-refractivity contribution is 0.126. The number of hydrogen-bond donors (Lipinski definition) is 3. The van der Waals surface area contributed by atoms with Crippen LogP contribution >= 0.6 is 15.9 Å². The van der Waals surface area contributed by atoms with E-state index in [1.54, 1.807) is 39.3 Å². The second kappa shape index (κ2) is 9.21. The average molecular weight is 535 g/mol. The van der Waals surface area contributed by atoms with E-state index >= 15 is 0 Å². The van der Waals surface area contributed by atoms with Crippen LogP contribution in [0.4, 0.5) is 17.3 Å². The molecule has 5 rings (SSSR count). The van der Waals surface area contributed by atoms with Crippen LogP contribution in [-0.4, -0.2) is 57.7 Å². The molecule has 2 fully saturated rings. The van der Waals surface area contributed by atoms with E-state index in [-0.39, 0.29) is 12.1 Å². The summed E-state index contributed by atoms with van der Waals surface area (Å²) in [5.41, 5.74) is 1.42. The molecule has 3 N–H and O–H groups in total. The second-order valence-corrected chi connectivity index (χ2v) is 11.5. The lowest BCUT2D eigenvalue weighted by atomic mass is 9.93. The number of rotatable bonds is 6. The van der Waals surface area contributed by atoms with Crippen LogP contribution in [0.1, 0.15) is 38.5 Å². The van der Waals surface area contributed by atoms with Gasteiger partial charge in [-0.3, -0.25) is 0 Å². The zero-order valence-corrected chi connectivity index (χ0v) is 20.5. The smallest absolute Gasteiger partial charge is 0.243 e. The summed E-state index contributed by atoms with van der Waals surface area (Å²) in [6, 6.07) is 8.96. The fourth-order valence-electron chi connectivity index (χ4n) is 4.46. The van der Waals surface area contributed by atoms with Gasteiger partial charge < -0.3 is 15.7 Å². The molecule has 176 valence electrons. The Bertz CT molecular complexity index is 1230. The van der Waals surface area contributed by atoms with Gasteiger partial charge in [-0.05, 0) is 78.7 Å². The van der Waals surface area contributed by atoms with Crippen LogP contribution < -0.4 is 10.6 Å². The molecule has 3 aromatic rings. The summed E-state index contributed by atoms with van der Waals surface area (Å²) >= 11 is 3.51. The van der Waals surface area contributed by atoms with E-state index in [2.05, 4.69) is 31.7 Å². The van der Waals surface area contributed by atoms with Crippen molar-refractivity contribution in [3.05, 3.63) is 41.0 Å². The number of nitrogens with one attached hydrogen (secondary N) is 2. The molecule has 2 aliphatic rings.